The quantitative estimate of drug-likeness (QED) is 0.820. The summed E-state index contributed by atoms with van der Waals surface area (Å²) in [5.41, 5.74) is 0.0760. The first-order valence-electron chi connectivity index (χ1n) is 7.81. The fourth-order valence-corrected chi connectivity index (χ4v) is 4.25. The van der Waals surface area contributed by atoms with Crippen LogP contribution in [0.3, 0.4) is 0 Å². The van der Waals surface area contributed by atoms with Crippen molar-refractivity contribution in [2.45, 2.75) is 59.9 Å². The predicted octanol–water partition coefficient (Wildman–Crippen LogP) is 2.46. The molecule has 1 aliphatic heterocycles. The molecular formula is C15H32N2O2S. The van der Waals surface area contributed by atoms with E-state index in [0.29, 0.717) is 25.0 Å². The minimum absolute atomic E-state index is 0.0760. The van der Waals surface area contributed by atoms with Crippen molar-refractivity contribution >= 4 is 10.0 Å². The van der Waals surface area contributed by atoms with Gasteiger partial charge in [-0.25, -0.2) is 12.7 Å². The van der Waals surface area contributed by atoms with Crippen LogP contribution < -0.4 is 5.32 Å². The van der Waals surface area contributed by atoms with Crippen molar-refractivity contribution in [2.24, 2.45) is 11.3 Å². The summed E-state index contributed by atoms with van der Waals surface area (Å²) in [6.45, 7) is 12.9. The van der Waals surface area contributed by atoms with Gasteiger partial charge in [0.25, 0.3) is 0 Å². The Morgan fingerprint density at radius 2 is 1.75 bits per heavy atom. The Balaban J connectivity index is 2.40. The average molecular weight is 305 g/mol. The Morgan fingerprint density at radius 3 is 2.20 bits per heavy atom. The Bertz CT molecular complexity index is 377. The lowest BCUT2D eigenvalue weighted by molar-refractivity contribution is 0.262. The Morgan fingerprint density at radius 1 is 1.20 bits per heavy atom. The number of sulfonamides is 1. The van der Waals surface area contributed by atoms with Crippen LogP contribution in [-0.2, 0) is 10.0 Å². The van der Waals surface area contributed by atoms with Gasteiger partial charge in [0.2, 0.25) is 10.0 Å². The highest BCUT2D eigenvalue weighted by Gasteiger charge is 2.28. The molecule has 0 atom stereocenters. The van der Waals surface area contributed by atoms with Gasteiger partial charge >= 0.3 is 0 Å². The van der Waals surface area contributed by atoms with Crippen molar-refractivity contribution < 1.29 is 8.42 Å². The Labute approximate surface area is 125 Å². The second-order valence-corrected chi connectivity index (χ2v) is 9.62. The zero-order chi connectivity index (χ0) is 15.4. The maximum absolute atomic E-state index is 12.3. The number of hydrogen-bond acceptors (Lipinski definition) is 3. The molecule has 1 fully saturated rings. The Hall–Kier alpha value is -0.130. The number of rotatable bonds is 6. The zero-order valence-electron chi connectivity index (χ0n) is 13.8. The second-order valence-electron chi connectivity index (χ2n) is 7.53. The SMILES string of the molecule is CC(C)NCC1CCN(S(=O)(=O)CCC(C)(C)C)CC1. The molecule has 120 valence electrons. The van der Waals surface area contributed by atoms with Crippen LogP contribution >= 0.6 is 0 Å². The first-order valence-corrected chi connectivity index (χ1v) is 9.42. The smallest absolute Gasteiger partial charge is 0.214 e. The Kier molecular flexibility index (Phi) is 6.48. The van der Waals surface area contributed by atoms with E-state index in [-0.39, 0.29) is 11.2 Å². The van der Waals surface area contributed by atoms with Crippen LogP contribution in [0, 0.1) is 11.3 Å². The lowest BCUT2D eigenvalue weighted by Gasteiger charge is -2.32. The zero-order valence-corrected chi connectivity index (χ0v) is 14.6. The van der Waals surface area contributed by atoms with E-state index in [4.69, 9.17) is 0 Å². The summed E-state index contributed by atoms with van der Waals surface area (Å²) in [5, 5.41) is 3.45. The summed E-state index contributed by atoms with van der Waals surface area (Å²) in [6.07, 6.45) is 2.69. The van der Waals surface area contributed by atoms with E-state index in [2.05, 4.69) is 39.9 Å². The van der Waals surface area contributed by atoms with E-state index in [1.807, 2.05) is 0 Å². The topological polar surface area (TPSA) is 49.4 Å². The third-order valence-electron chi connectivity index (χ3n) is 3.89. The molecule has 20 heavy (non-hydrogen) atoms. The third kappa shape index (κ3) is 6.55. The molecule has 0 radical (unpaired) electrons. The lowest BCUT2D eigenvalue weighted by atomic mass is 9.94. The molecule has 1 saturated heterocycles. The fraction of sp³-hybridized carbons (Fsp3) is 1.00. The molecule has 1 heterocycles. The first-order chi connectivity index (χ1) is 9.10. The molecule has 1 N–H and O–H groups in total. The predicted molar refractivity (Wildman–Crippen MR) is 85.3 cm³/mol. The van der Waals surface area contributed by atoms with Gasteiger partial charge in [-0.05, 0) is 37.1 Å². The van der Waals surface area contributed by atoms with Gasteiger partial charge in [0.1, 0.15) is 0 Å². The molecule has 0 aliphatic carbocycles. The van der Waals surface area contributed by atoms with Crippen LogP contribution in [0.25, 0.3) is 0 Å². The van der Waals surface area contributed by atoms with Crippen molar-refractivity contribution in [3.63, 3.8) is 0 Å². The van der Waals surface area contributed by atoms with E-state index in [0.717, 1.165) is 25.8 Å². The summed E-state index contributed by atoms with van der Waals surface area (Å²) < 4.78 is 26.3. The molecule has 0 spiro atoms. The first kappa shape index (κ1) is 17.9. The maximum atomic E-state index is 12.3. The normalized spacial score (nSPS) is 19.7. The van der Waals surface area contributed by atoms with Crippen LogP contribution in [0.1, 0.15) is 53.9 Å². The highest BCUT2D eigenvalue weighted by molar-refractivity contribution is 7.89. The monoisotopic (exact) mass is 304 g/mol. The highest BCUT2D eigenvalue weighted by atomic mass is 32.2. The minimum atomic E-state index is -3.06. The van der Waals surface area contributed by atoms with Gasteiger partial charge in [0, 0.05) is 19.1 Å². The fourth-order valence-electron chi connectivity index (χ4n) is 2.36. The minimum Gasteiger partial charge on any atom is -0.314 e. The molecular weight excluding hydrogens is 272 g/mol. The summed E-state index contributed by atoms with van der Waals surface area (Å²) in [5.74, 6) is 0.900. The average Bonchev–Trinajstić information content (AvgIpc) is 2.34. The van der Waals surface area contributed by atoms with Gasteiger partial charge in [-0.15, -0.1) is 0 Å². The molecule has 0 aromatic rings. The van der Waals surface area contributed by atoms with Gasteiger partial charge in [-0.2, -0.15) is 0 Å². The van der Waals surface area contributed by atoms with Crippen LogP contribution in [0.15, 0.2) is 0 Å². The van der Waals surface area contributed by atoms with E-state index in [9.17, 15) is 8.42 Å². The maximum Gasteiger partial charge on any atom is 0.214 e. The van der Waals surface area contributed by atoms with Gasteiger partial charge in [0.15, 0.2) is 0 Å². The van der Waals surface area contributed by atoms with Crippen LogP contribution in [-0.4, -0.2) is 44.2 Å². The number of nitrogens with one attached hydrogen (secondary N) is 1. The molecule has 0 aromatic carbocycles. The summed E-state index contributed by atoms with van der Waals surface area (Å²) in [6, 6.07) is 0.503. The summed E-state index contributed by atoms with van der Waals surface area (Å²) >= 11 is 0. The molecule has 0 bridgehead atoms. The summed E-state index contributed by atoms with van der Waals surface area (Å²) in [7, 11) is -3.06. The molecule has 0 amide bonds. The number of hydrogen-bond donors (Lipinski definition) is 1. The van der Waals surface area contributed by atoms with E-state index >= 15 is 0 Å². The van der Waals surface area contributed by atoms with Crippen molar-refractivity contribution in [1.82, 2.24) is 9.62 Å². The van der Waals surface area contributed by atoms with E-state index in [1.54, 1.807) is 4.31 Å². The highest BCUT2D eigenvalue weighted by Crippen LogP contribution is 2.23. The van der Waals surface area contributed by atoms with Gasteiger partial charge in [0.05, 0.1) is 5.75 Å². The second kappa shape index (κ2) is 7.23. The van der Waals surface area contributed by atoms with E-state index < -0.39 is 10.0 Å². The van der Waals surface area contributed by atoms with Gasteiger partial charge < -0.3 is 5.32 Å². The molecule has 5 heteroatoms. The van der Waals surface area contributed by atoms with Crippen molar-refractivity contribution in [3.05, 3.63) is 0 Å². The van der Waals surface area contributed by atoms with Gasteiger partial charge in [-0.1, -0.05) is 34.6 Å². The largest absolute Gasteiger partial charge is 0.314 e. The molecule has 0 unspecified atom stereocenters. The number of piperidine rings is 1. The molecule has 1 aliphatic rings. The summed E-state index contributed by atoms with van der Waals surface area (Å²) in [4.78, 5) is 0. The lowest BCUT2D eigenvalue weighted by Crippen LogP contribution is -2.42. The van der Waals surface area contributed by atoms with Crippen molar-refractivity contribution in [3.8, 4) is 0 Å². The molecule has 0 aromatic heterocycles. The van der Waals surface area contributed by atoms with Crippen LogP contribution in [0.5, 0.6) is 0 Å². The molecule has 1 rings (SSSR count). The standard InChI is InChI=1S/C15H32N2O2S/c1-13(2)16-12-14-6-9-17(10-7-14)20(18,19)11-8-15(3,4)5/h13-14,16H,6-12H2,1-5H3. The van der Waals surface area contributed by atoms with Crippen molar-refractivity contribution in [2.75, 3.05) is 25.4 Å². The van der Waals surface area contributed by atoms with Gasteiger partial charge in [-0.3, -0.25) is 0 Å². The van der Waals surface area contributed by atoms with Crippen molar-refractivity contribution in [1.29, 1.82) is 0 Å². The molecule has 4 nitrogen and oxygen atoms in total. The number of nitrogens with zero attached hydrogens (tertiary/aromatic N) is 1. The van der Waals surface area contributed by atoms with E-state index in [1.165, 1.54) is 0 Å². The van der Waals surface area contributed by atoms with Crippen LogP contribution in [0.4, 0.5) is 0 Å². The van der Waals surface area contributed by atoms with Crippen LogP contribution in [0.2, 0.25) is 0 Å². The third-order valence-corrected chi connectivity index (χ3v) is 5.76. The molecule has 0 saturated carbocycles.